The molecule has 3 fully saturated rings. The number of rotatable bonds is 2. The van der Waals surface area contributed by atoms with Gasteiger partial charge in [0.1, 0.15) is 17.6 Å². The lowest BCUT2D eigenvalue weighted by Crippen LogP contribution is -2.57. The second kappa shape index (κ2) is 11.9. The molecule has 4 heterocycles. The van der Waals surface area contributed by atoms with Gasteiger partial charge in [-0.15, -0.1) is 0 Å². The lowest BCUT2D eigenvalue weighted by molar-refractivity contribution is -0.336. The van der Waals surface area contributed by atoms with E-state index in [0.29, 0.717) is 43.3 Å². The lowest BCUT2D eigenvalue weighted by atomic mass is 9.71. The van der Waals surface area contributed by atoms with Crippen LogP contribution >= 0.6 is 0 Å². The number of fused-ring (bicyclic) bond motifs is 2. The normalized spacial score (nSPS) is 47.0. The molecule has 0 aromatic rings. The maximum absolute atomic E-state index is 13.9. The number of Topliss-reactive ketones (excluding diaryl/α,β-unsaturated/α-hetero) is 1. The number of carbonyl (C=O) groups excluding carboxylic acids is 2. The lowest BCUT2D eigenvalue weighted by Gasteiger charge is -2.49. The van der Waals surface area contributed by atoms with E-state index in [-0.39, 0.29) is 43.0 Å². The molecule has 1 spiro atoms. The molecular formula is C32H44O9. The van der Waals surface area contributed by atoms with Gasteiger partial charge in [0.05, 0.1) is 24.9 Å². The van der Waals surface area contributed by atoms with E-state index in [9.17, 15) is 24.9 Å². The summed E-state index contributed by atoms with van der Waals surface area (Å²) in [6.07, 6.45) is 8.90. The van der Waals surface area contributed by atoms with Crippen molar-refractivity contribution in [2.45, 2.75) is 108 Å². The highest BCUT2D eigenvalue weighted by molar-refractivity contribution is 6.03. The Bertz CT molecular complexity index is 1150. The first-order valence-corrected chi connectivity index (χ1v) is 14.9. The van der Waals surface area contributed by atoms with Gasteiger partial charge in [-0.1, -0.05) is 44.2 Å². The van der Waals surface area contributed by atoms with E-state index in [1.165, 1.54) is 6.08 Å². The van der Waals surface area contributed by atoms with Gasteiger partial charge in [-0.2, -0.15) is 0 Å². The first-order valence-electron chi connectivity index (χ1n) is 14.9. The highest BCUT2D eigenvalue weighted by atomic mass is 16.7. The van der Waals surface area contributed by atoms with Gasteiger partial charge >= 0.3 is 5.97 Å². The molecule has 0 amide bonds. The monoisotopic (exact) mass is 572 g/mol. The third-order valence-corrected chi connectivity index (χ3v) is 9.59. The number of hydrogen-bond donors (Lipinski definition) is 3. The number of carbonyl (C=O) groups is 2. The van der Waals surface area contributed by atoms with E-state index in [4.69, 9.17) is 18.9 Å². The molecule has 9 nitrogen and oxygen atoms in total. The van der Waals surface area contributed by atoms with Crippen LogP contribution in [-0.2, 0) is 28.5 Å². The molecule has 3 saturated heterocycles. The van der Waals surface area contributed by atoms with E-state index in [0.717, 1.165) is 12.0 Å². The largest absolute Gasteiger partial charge is 0.462 e. The van der Waals surface area contributed by atoms with Crippen molar-refractivity contribution in [3.8, 4) is 0 Å². The van der Waals surface area contributed by atoms with Gasteiger partial charge in [-0.05, 0) is 55.7 Å². The minimum atomic E-state index is -1.88. The summed E-state index contributed by atoms with van der Waals surface area (Å²) >= 11 is 0. The summed E-state index contributed by atoms with van der Waals surface area (Å²) in [6, 6.07) is 0. The Morgan fingerprint density at radius 2 is 1.90 bits per heavy atom. The fraction of sp³-hybridized carbons (Fsp3) is 0.688. The van der Waals surface area contributed by atoms with Crippen LogP contribution in [0.4, 0.5) is 0 Å². The third-order valence-electron chi connectivity index (χ3n) is 9.59. The van der Waals surface area contributed by atoms with E-state index < -0.39 is 41.6 Å². The van der Waals surface area contributed by atoms with E-state index in [2.05, 4.69) is 6.92 Å². The molecule has 9 heteroatoms. The average Bonchev–Trinajstić information content (AvgIpc) is 3.27. The highest BCUT2D eigenvalue weighted by Crippen LogP contribution is 2.46. The zero-order valence-electron chi connectivity index (χ0n) is 24.5. The van der Waals surface area contributed by atoms with Crippen molar-refractivity contribution in [3.63, 3.8) is 0 Å². The Hall–Kier alpha value is -2.14. The summed E-state index contributed by atoms with van der Waals surface area (Å²) in [5, 5.41) is 32.6. The fourth-order valence-electron chi connectivity index (χ4n) is 7.01. The Labute approximate surface area is 241 Å². The smallest absolute Gasteiger partial charge is 0.316 e. The number of hydrogen-bond acceptors (Lipinski definition) is 9. The molecule has 2 bridgehead atoms. The standard InChI is InChI=1S/C32H44O9/c1-18-10-12-31(41-26(18)11-13-33)16-24-15-23(40-31)9-8-20(3)27(34)19(2)6-5-7-22-17-38-29-28(35)21(4)14-25(30(36)39-24)32(22,29)37/h5-8,14,18-19,23-27,29,33-34,37H,9-13,15-17H2,1-4H3/b6-5+,20-8+,22-7+/t18-,19-,23+,24-,25-,26+,27+,29+,31+,32+/m0/s1. The Balaban J connectivity index is 1.53. The summed E-state index contributed by atoms with van der Waals surface area (Å²) in [5.74, 6) is -3.05. The minimum absolute atomic E-state index is 0.00125. The topological polar surface area (TPSA) is 132 Å². The predicted molar refractivity (Wildman–Crippen MR) is 149 cm³/mol. The van der Waals surface area contributed by atoms with Crippen molar-refractivity contribution in [2.75, 3.05) is 13.2 Å². The van der Waals surface area contributed by atoms with Gasteiger partial charge in [-0.25, -0.2) is 0 Å². The van der Waals surface area contributed by atoms with Crippen molar-refractivity contribution in [2.24, 2.45) is 17.8 Å². The molecule has 0 unspecified atom stereocenters. The summed E-state index contributed by atoms with van der Waals surface area (Å²) < 4.78 is 25.0. The van der Waals surface area contributed by atoms with Crippen molar-refractivity contribution < 1.29 is 43.9 Å². The first-order chi connectivity index (χ1) is 19.5. The minimum Gasteiger partial charge on any atom is -0.462 e. The zero-order valence-corrected chi connectivity index (χ0v) is 24.5. The number of esters is 1. The van der Waals surface area contributed by atoms with Crippen LogP contribution in [0.5, 0.6) is 0 Å². The zero-order chi connectivity index (χ0) is 29.5. The van der Waals surface area contributed by atoms with E-state index in [1.54, 1.807) is 19.1 Å². The molecule has 4 aliphatic heterocycles. The molecule has 0 aromatic carbocycles. The van der Waals surface area contributed by atoms with Gasteiger partial charge in [0.2, 0.25) is 0 Å². The van der Waals surface area contributed by atoms with Crippen LogP contribution in [0.25, 0.3) is 0 Å². The molecule has 41 heavy (non-hydrogen) atoms. The predicted octanol–water partition coefficient (Wildman–Crippen LogP) is 3.08. The van der Waals surface area contributed by atoms with Crippen molar-refractivity contribution in [1.82, 2.24) is 0 Å². The third kappa shape index (κ3) is 5.77. The number of ketones is 1. The van der Waals surface area contributed by atoms with Crippen LogP contribution in [-0.4, -0.2) is 82.2 Å². The van der Waals surface area contributed by atoms with E-state index >= 15 is 0 Å². The summed E-state index contributed by atoms with van der Waals surface area (Å²) in [5.41, 5.74) is -0.311. The van der Waals surface area contributed by atoms with E-state index in [1.807, 2.05) is 26.0 Å². The van der Waals surface area contributed by atoms with Gasteiger partial charge in [-0.3, -0.25) is 9.59 Å². The Morgan fingerprint density at radius 3 is 2.66 bits per heavy atom. The van der Waals surface area contributed by atoms with Crippen LogP contribution in [0, 0.1) is 17.8 Å². The quantitative estimate of drug-likeness (QED) is 0.337. The number of ether oxygens (including phenoxy) is 4. The molecule has 226 valence electrons. The summed E-state index contributed by atoms with van der Waals surface area (Å²) in [4.78, 5) is 26.8. The molecule has 5 aliphatic rings. The molecule has 5 rings (SSSR count). The molecule has 10 atom stereocenters. The second-order valence-corrected chi connectivity index (χ2v) is 12.6. The van der Waals surface area contributed by atoms with Crippen LogP contribution in [0.1, 0.15) is 66.2 Å². The molecule has 0 saturated carbocycles. The molecular weight excluding hydrogens is 528 g/mol. The van der Waals surface area contributed by atoms with Crippen molar-refractivity contribution in [3.05, 3.63) is 47.1 Å². The fourth-order valence-corrected chi connectivity index (χ4v) is 7.01. The molecule has 1 aliphatic carbocycles. The second-order valence-electron chi connectivity index (χ2n) is 12.6. The van der Waals surface area contributed by atoms with Crippen molar-refractivity contribution in [1.29, 1.82) is 0 Å². The molecule has 3 N–H and O–H groups in total. The average molecular weight is 573 g/mol. The first kappa shape index (κ1) is 30.3. The van der Waals surface area contributed by atoms with Gasteiger partial charge in [0, 0.05) is 31.8 Å². The van der Waals surface area contributed by atoms with Gasteiger partial charge < -0.3 is 34.3 Å². The van der Waals surface area contributed by atoms with Crippen LogP contribution in [0.2, 0.25) is 0 Å². The number of allylic oxidation sites excluding steroid dienone is 2. The number of aliphatic hydroxyl groups is 3. The summed E-state index contributed by atoms with van der Waals surface area (Å²) in [6.45, 7) is 7.51. The molecule has 0 radical (unpaired) electrons. The van der Waals surface area contributed by atoms with Crippen LogP contribution < -0.4 is 0 Å². The SMILES string of the molecule is CC1=C[C@H]2C(=O)O[C@H]3C[C@@H](C/C=C(\C)[C@H](O)[C@@H](C)/C=C/C=C4\CO[C@H](C1=O)[C@@]42O)O[C@@]1(CC[C@H](C)[C@@H](CCO)O1)C3. The maximum Gasteiger partial charge on any atom is 0.316 e. The van der Waals surface area contributed by atoms with Gasteiger partial charge in [0.15, 0.2) is 17.7 Å². The van der Waals surface area contributed by atoms with Crippen molar-refractivity contribution >= 4 is 11.8 Å². The van der Waals surface area contributed by atoms with Crippen LogP contribution in [0.15, 0.2) is 47.1 Å². The van der Waals surface area contributed by atoms with Crippen LogP contribution in [0.3, 0.4) is 0 Å². The summed E-state index contributed by atoms with van der Waals surface area (Å²) in [7, 11) is 0. The maximum atomic E-state index is 13.9. The van der Waals surface area contributed by atoms with Gasteiger partial charge in [0.25, 0.3) is 0 Å². The molecule has 0 aromatic heterocycles. The Morgan fingerprint density at radius 1 is 1.12 bits per heavy atom. The number of aliphatic hydroxyl groups excluding tert-OH is 2. The highest BCUT2D eigenvalue weighted by Gasteiger charge is 2.60. The Kier molecular flexibility index (Phi) is 8.77.